The van der Waals surface area contributed by atoms with Crippen LogP contribution in [0.3, 0.4) is 0 Å². The van der Waals surface area contributed by atoms with Crippen molar-refractivity contribution in [1.29, 1.82) is 0 Å². The van der Waals surface area contributed by atoms with Gasteiger partial charge in [0.2, 0.25) is 0 Å². The minimum Gasteiger partial charge on any atom is -0.444 e. The summed E-state index contributed by atoms with van der Waals surface area (Å²) < 4.78 is 22.5. The summed E-state index contributed by atoms with van der Waals surface area (Å²) in [5.74, 6) is 1.86. The second-order valence-corrected chi connectivity index (χ2v) is 8.03. The lowest BCUT2D eigenvalue weighted by atomic mass is 9.90. The van der Waals surface area contributed by atoms with Crippen molar-refractivity contribution >= 4 is 13.2 Å². The monoisotopic (exact) mass is 341 g/mol. The molecule has 0 aromatic heterocycles. The van der Waals surface area contributed by atoms with Gasteiger partial charge in [0.15, 0.2) is 0 Å². The Morgan fingerprint density at radius 3 is 2.21 bits per heavy atom. The fourth-order valence-corrected chi connectivity index (χ4v) is 1.92. The van der Waals surface area contributed by atoms with Gasteiger partial charge < -0.3 is 23.7 Å². The van der Waals surface area contributed by atoms with Gasteiger partial charge in [-0.15, -0.1) is 0 Å². The zero-order chi connectivity index (χ0) is 18.6. The lowest BCUT2D eigenvalue weighted by Gasteiger charge is -2.32. The van der Waals surface area contributed by atoms with E-state index in [4.69, 9.17) is 18.8 Å². The Kier molecular flexibility index (Phi) is 6.90. The molecule has 138 valence electrons. The summed E-state index contributed by atoms with van der Waals surface area (Å²) >= 11 is 0. The van der Waals surface area contributed by atoms with Crippen molar-refractivity contribution in [3.8, 4) is 0 Å². The molecule has 0 atom stereocenters. The second-order valence-electron chi connectivity index (χ2n) is 8.03. The zero-order valence-corrected chi connectivity index (χ0v) is 16.3. The van der Waals surface area contributed by atoms with E-state index in [2.05, 4.69) is 0 Å². The van der Waals surface area contributed by atoms with E-state index in [-0.39, 0.29) is 24.4 Å². The van der Waals surface area contributed by atoms with Gasteiger partial charge in [-0.05, 0) is 48.5 Å². The van der Waals surface area contributed by atoms with Crippen LogP contribution in [-0.2, 0) is 18.8 Å². The molecule has 1 aliphatic rings. The van der Waals surface area contributed by atoms with Crippen molar-refractivity contribution in [2.24, 2.45) is 0 Å². The smallest absolute Gasteiger partial charge is 0.444 e. The van der Waals surface area contributed by atoms with Crippen LogP contribution < -0.4 is 0 Å². The fraction of sp³-hybridized carbons (Fsp3) is 0.824. The molecule has 1 rings (SSSR count). The number of hydrogen-bond donors (Lipinski definition) is 0. The first-order valence-corrected chi connectivity index (χ1v) is 8.38. The number of carbonyl (C=O) groups excluding carboxylic acids is 1. The fourth-order valence-electron chi connectivity index (χ4n) is 1.92. The highest BCUT2D eigenvalue weighted by Crippen LogP contribution is 2.36. The number of rotatable bonds is 6. The molecule has 0 unspecified atom stereocenters. The van der Waals surface area contributed by atoms with Crippen molar-refractivity contribution < 1.29 is 23.6 Å². The normalized spacial score (nSPS) is 19.8. The van der Waals surface area contributed by atoms with Gasteiger partial charge in [0.25, 0.3) is 0 Å². The summed E-state index contributed by atoms with van der Waals surface area (Å²) in [5, 5.41) is 0. The van der Waals surface area contributed by atoms with E-state index < -0.39 is 5.60 Å². The predicted octanol–water partition coefficient (Wildman–Crippen LogP) is 3.06. The summed E-state index contributed by atoms with van der Waals surface area (Å²) in [4.78, 5) is 13.3. The van der Waals surface area contributed by atoms with E-state index in [0.717, 1.165) is 0 Å². The molecule has 0 saturated carbocycles. The largest absolute Gasteiger partial charge is 0.486 e. The topological polar surface area (TPSA) is 57.2 Å². The quantitative estimate of drug-likeness (QED) is 0.549. The highest BCUT2D eigenvalue weighted by Gasteiger charge is 2.49. The van der Waals surface area contributed by atoms with E-state index >= 15 is 0 Å². The molecule has 1 saturated heterocycles. The number of carbonyl (C=O) groups is 1. The molecule has 0 radical (unpaired) electrons. The molecule has 24 heavy (non-hydrogen) atoms. The maximum absolute atomic E-state index is 11.8. The van der Waals surface area contributed by atoms with Crippen LogP contribution in [0, 0.1) is 0 Å². The molecule has 0 aliphatic carbocycles. The maximum Gasteiger partial charge on any atom is 0.486 e. The first-order valence-electron chi connectivity index (χ1n) is 8.38. The molecular weight excluding hydrogens is 309 g/mol. The van der Waals surface area contributed by atoms with Gasteiger partial charge in [-0.2, -0.15) is 0 Å². The Balaban J connectivity index is 2.22. The standard InChI is InChI=1S/C17H32BNO5/c1-15(2,3)22-14(20)19(8)11-13-21-12-9-10-18-23-16(4,5)17(6,7)24-18/h9-10H,11-13H2,1-8H3. The van der Waals surface area contributed by atoms with Gasteiger partial charge in [0.1, 0.15) is 5.60 Å². The van der Waals surface area contributed by atoms with Gasteiger partial charge >= 0.3 is 13.2 Å². The molecule has 1 aliphatic heterocycles. The Morgan fingerprint density at radius 1 is 1.17 bits per heavy atom. The first kappa shape index (κ1) is 21.0. The molecule has 7 heteroatoms. The van der Waals surface area contributed by atoms with Crippen LogP contribution in [0.25, 0.3) is 0 Å². The second kappa shape index (κ2) is 7.89. The summed E-state index contributed by atoms with van der Waals surface area (Å²) in [5.41, 5.74) is -1.16. The minimum atomic E-state index is -0.488. The van der Waals surface area contributed by atoms with Crippen LogP contribution in [0.2, 0.25) is 0 Å². The lowest BCUT2D eigenvalue weighted by Crippen LogP contribution is -2.41. The van der Waals surface area contributed by atoms with Gasteiger partial charge in [0, 0.05) is 13.6 Å². The summed E-state index contributed by atoms with van der Waals surface area (Å²) in [6.07, 6.45) is 1.52. The van der Waals surface area contributed by atoms with E-state index in [0.29, 0.717) is 19.8 Å². The summed E-state index contributed by atoms with van der Waals surface area (Å²) in [6, 6.07) is 0. The SMILES string of the molecule is CN(CCOCC=CB1OC(C)(C)C(C)(C)O1)C(=O)OC(C)(C)C. The molecule has 1 heterocycles. The van der Waals surface area contributed by atoms with Crippen LogP contribution in [0.15, 0.2) is 12.1 Å². The van der Waals surface area contributed by atoms with Crippen molar-refractivity contribution in [2.45, 2.75) is 65.3 Å². The molecular formula is C17H32BNO5. The van der Waals surface area contributed by atoms with Crippen molar-refractivity contribution in [3.63, 3.8) is 0 Å². The number of nitrogens with zero attached hydrogens (tertiary/aromatic N) is 1. The third-order valence-electron chi connectivity index (χ3n) is 4.05. The lowest BCUT2D eigenvalue weighted by molar-refractivity contribution is 0.00578. The van der Waals surface area contributed by atoms with Gasteiger partial charge in [-0.3, -0.25) is 0 Å². The van der Waals surface area contributed by atoms with E-state index in [1.54, 1.807) is 7.05 Å². The number of ether oxygens (including phenoxy) is 2. The van der Waals surface area contributed by atoms with Crippen molar-refractivity contribution in [2.75, 3.05) is 26.8 Å². The molecule has 1 fully saturated rings. The summed E-state index contributed by atoms with van der Waals surface area (Å²) in [7, 11) is 1.33. The van der Waals surface area contributed by atoms with E-state index in [1.165, 1.54) is 4.90 Å². The van der Waals surface area contributed by atoms with Crippen molar-refractivity contribution in [3.05, 3.63) is 12.1 Å². The van der Waals surface area contributed by atoms with Gasteiger partial charge in [-0.25, -0.2) is 4.79 Å². The van der Waals surface area contributed by atoms with Crippen LogP contribution >= 0.6 is 0 Å². The van der Waals surface area contributed by atoms with Crippen molar-refractivity contribution in [1.82, 2.24) is 4.90 Å². The Hall–Kier alpha value is -1.05. The highest BCUT2D eigenvalue weighted by molar-refractivity contribution is 6.51. The van der Waals surface area contributed by atoms with Gasteiger partial charge in [0.05, 0.1) is 24.4 Å². The van der Waals surface area contributed by atoms with E-state index in [9.17, 15) is 4.79 Å². The Bertz CT molecular complexity index is 440. The van der Waals surface area contributed by atoms with Crippen LogP contribution in [0.4, 0.5) is 4.79 Å². The zero-order valence-electron chi connectivity index (χ0n) is 16.3. The summed E-state index contributed by atoms with van der Waals surface area (Å²) in [6.45, 7) is 14.9. The van der Waals surface area contributed by atoms with E-state index in [1.807, 2.05) is 60.5 Å². The molecule has 1 amide bonds. The number of hydrogen-bond acceptors (Lipinski definition) is 5. The third kappa shape index (κ3) is 6.45. The predicted molar refractivity (Wildman–Crippen MR) is 94.9 cm³/mol. The van der Waals surface area contributed by atoms with Crippen LogP contribution in [0.5, 0.6) is 0 Å². The molecule has 0 spiro atoms. The first-order chi connectivity index (χ1) is 10.8. The number of amides is 1. The Morgan fingerprint density at radius 2 is 1.71 bits per heavy atom. The molecule has 0 aromatic carbocycles. The average Bonchev–Trinajstić information content (AvgIpc) is 2.59. The van der Waals surface area contributed by atoms with Crippen LogP contribution in [0.1, 0.15) is 48.5 Å². The third-order valence-corrected chi connectivity index (χ3v) is 4.05. The molecule has 6 nitrogen and oxygen atoms in total. The maximum atomic E-state index is 11.8. The highest BCUT2D eigenvalue weighted by atomic mass is 16.7. The number of likely N-dealkylation sites (N-methyl/N-ethyl adjacent to an activating group) is 1. The molecule has 0 N–H and O–H groups in total. The molecule has 0 bridgehead atoms. The Labute approximate surface area is 146 Å². The van der Waals surface area contributed by atoms with Crippen LogP contribution in [-0.4, -0.2) is 61.7 Å². The minimum absolute atomic E-state index is 0.334. The average molecular weight is 341 g/mol. The van der Waals surface area contributed by atoms with Gasteiger partial charge in [-0.1, -0.05) is 12.1 Å². The molecule has 0 aromatic rings.